The first-order valence-electron chi connectivity index (χ1n) is 5.64. The number of furan rings is 1. The maximum absolute atomic E-state index is 6.19. The molecule has 0 fully saturated rings. The molecule has 86 valence electrons. The molecule has 0 saturated carbocycles. The van der Waals surface area contributed by atoms with Gasteiger partial charge in [0.1, 0.15) is 11.3 Å². The highest BCUT2D eigenvalue weighted by Crippen LogP contribution is 2.34. The summed E-state index contributed by atoms with van der Waals surface area (Å²) < 4.78 is 5.81. The van der Waals surface area contributed by atoms with Crippen molar-refractivity contribution in [1.29, 1.82) is 0 Å². The summed E-state index contributed by atoms with van der Waals surface area (Å²) in [5.41, 5.74) is 8.36. The lowest BCUT2D eigenvalue weighted by molar-refractivity contribution is 0.290. The van der Waals surface area contributed by atoms with Gasteiger partial charge in [0.05, 0.1) is 6.04 Å². The average Bonchev–Trinajstić information content (AvgIpc) is 2.60. The molecule has 1 aromatic heterocycles. The summed E-state index contributed by atoms with van der Waals surface area (Å²) in [4.78, 5) is 0. The zero-order valence-electron chi connectivity index (χ0n) is 10.4. The molecule has 0 unspecified atom stereocenters. The Kier molecular flexibility index (Phi) is 2.55. The van der Waals surface area contributed by atoms with Gasteiger partial charge in [-0.15, -0.1) is 0 Å². The molecule has 0 aliphatic rings. The third-order valence-electron chi connectivity index (χ3n) is 3.04. The van der Waals surface area contributed by atoms with Crippen molar-refractivity contribution in [2.75, 3.05) is 0 Å². The van der Waals surface area contributed by atoms with Crippen LogP contribution in [0.5, 0.6) is 0 Å². The summed E-state index contributed by atoms with van der Waals surface area (Å²) in [6, 6.07) is 8.08. The predicted molar refractivity (Wildman–Crippen MR) is 67.3 cm³/mol. The number of hydrogen-bond acceptors (Lipinski definition) is 2. The number of benzene rings is 1. The molecular weight excluding hydrogens is 198 g/mol. The molecule has 1 atom stereocenters. The Morgan fingerprint density at radius 3 is 2.50 bits per heavy atom. The minimum atomic E-state index is -0.0701. The van der Waals surface area contributed by atoms with E-state index < -0.39 is 0 Å². The van der Waals surface area contributed by atoms with Crippen molar-refractivity contribution < 1.29 is 4.42 Å². The van der Waals surface area contributed by atoms with Gasteiger partial charge in [-0.05, 0) is 30.0 Å². The summed E-state index contributed by atoms with van der Waals surface area (Å²) in [6.45, 7) is 8.46. The van der Waals surface area contributed by atoms with Gasteiger partial charge < -0.3 is 10.2 Å². The normalized spacial score (nSPS) is 14.3. The lowest BCUT2D eigenvalue weighted by Crippen LogP contribution is -2.25. The molecule has 2 N–H and O–H groups in total. The van der Waals surface area contributed by atoms with Crippen LogP contribution in [-0.4, -0.2) is 0 Å². The van der Waals surface area contributed by atoms with Gasteiger partial charge in [0.15, 0.2) is 0 Å². The topological polar surface area (TPSA) is 39.2 Å². The van der Waals surface area contributed by atoms with Crippen molar-refractivity contribution in [3.63, 3.8) is 0 Å². The van der Waals surface area contributed by atoms with Crippen molar-refractivity contribution >= 4 is 11.0 Å². The Labute approximate surface area is 96.4 Å². The predicted octanol–water partition coefficient (Wildman–Crippen LogP) is 3.79. The first-order valence-corrected chi connectivity index (χ1v) is 5.64. The van der Waals surface area contributed by atoms with E-state index in [1.54, 1.807) is 0 Å². The molecule has 2 rings (SSSR count). The summed E-state index contributed by atoms with van der Waals surface area (Å²) in [6.07, 6.45) is 0. The van der Waals surface area contributed by atoms with Crippen LogP contribution in [-0.2, 0) is 0 Å². The van der Waals surface area contributed by atoms with Crippen LogP contribution in [0.15, 0.2) is 28.7 Å². The van der Waals surface area contributed by atoms with Crippen LogP contribution >= 0.6 is 0 Å². The van der Waals surface area contributed by atoms with Crippen molar-refractivity contribution in [1.82, 2.24) is 0 Å². The second-order valence-electron chi connectivity index (χ2n) is 5.48. The summed E-state index contributed by atoms with van der Waals surface area (Å²) in [5, 5.41) is 1.16. The van der Waals surface area contributed by atoms with Gasteiger partial charge in [-0.2, -0.15) is 0 Å². The van der Waals surface area contributed by atoms with Gasteiger partial charge in [-0.25, -0.2) is 0 Å². The molecule has 2 nitrogen and oxygen atoms in total. The Balaban J connectivity index is 2.52. The molecule has 0 spiro atoms. The summed E-state index contributed by atoms with van der Waals surface area (Å²) >= 11 is 0. The molecule has 2 heteroatoms. The van der Waals surface area contributed by atoms with E-state index >= 15 is 0 Å². The van der Waals surface area contributed by atoms with Gasteiger partial charge in [0.2, 0.25) is 0 Å². The first-order chi connectivity index (χ1) is 7.39. The van der Waals surface area contributed by atoms with E-state index in [2.05, 4.69) is 39.8 Å². The highest BCUT2D eigenvalue weighted by molar-refractivity contribution is 5.81. The van der Waals surface area contributed by atoms with Crippen molar-refractivity contribution in [2.45, 2.75) is 33.7 Å². The molecular formula is C14H19NO. The first kappa shape index (κ1) is 11.2. The Bertz CT molecular complexity index is 505. The molecule has 1 heterocycles. The van der Waals surface area contributed by atoms with Gasteiger partial charge in [0.25, 0.3) is 0 Å². The summed E-state index contributed by atoms with van der Waals surface area (Å²) in [7, 11) is 0. The van der Waals surface area contributed by atoms with E-state index in [1.807, 2.05) is 12.1 Å². The standard InChI is InChI=1S/C14H19NO/c1-9-6-5-7-11-10(9)8-12(16-11)13(15)14(2,3)4/h5-8,13H,15H2,1-4H3/t13-/m1/s1. The van der Waals surface area contributed by atoms with Crippen LogP contribution in [0.25, 0.3) is 11.0 Å². The Morgan fingerprint density at radius 1 is 1.25 bits per heavy atom. The third-order valence-corrected chi connectivity index (χ3v) is 3.04. The lowest BCUT2D eigenvalue weighted by atomic mass is 9.86. The van der Waals surface area contributed by atoms with Crippen LogP contribution in [0.1, 0.15) is 38.1 Å². The molecule has 0 amide bonds. The smallest absolute Gasteiger partial charge is 0.134 e. The third kappa shape index (κ3) is 1.85. The molecule has 16 heavy (non-hydrogen) atoms. The molecule has 0 radical (unpaired) electrons. The number of nitrogens with two attached hydrogens (primary N) is 1. The highest BCUT2D eigenvalue weighted by Gasteiger charge is 2.25. The average molecular weight is 217 g/mol. The fourth-order valence-electron chi connectivity index (χ4n) is 1.81. The minimum absolute atomic E-state index is 0.0157. The zero-order chi connectivity index (χ0) is 11.9. The van der Waals surface area contributed by atoms with Crippen LogP contribution in [0.4, 0.5) is 0 Å². The SMILES string of the molecule is Cc1cccc2oc([C@@H](N)C(C)(C)C)cc12. The van der Waals surface area contributed by atoms with Crippen LogP contribution < -0.4 is 5.73 Å². The maximum Gasteiger partial charge on any atom is 0.134 e. The Hall–Kier alpha value is -1.28. The molecule has 0 aliphatic carbocycles. The highest BCUT2D eigenvalue weighted by atomic mass is 16.3. The van der Waals surface area contributed by atoms with Gasteiger partial charge in [-0.3, -0.25) is 0 Å². The summed E-state index contributed by atoms with van der Waals surface area (Å²) in [5.74, 6) is 0.872. The number of rotatable bonds is 1. The van der Waals surface area contributed by atoms with Crippen molar-refractivity contribution in [2.24, 2.45) is 11.1 Å². The Morgan fingerprint density at radius 2 is 1.94 bits per heavy atom. The molecule has 0 saturated heterocycles. The molecule has 0 aliphatic heterocycles. The quantitative estimate of drug-likeness (QED) is 0.789. The maximum atomic E-state index is 6.19. The van der Waals surface area contributed by atoms with Gasteiger partial charge in [0, 0.05) is 5.39 Å². The van der Waals surface area contributed by atoms with E-state index in [9.17, 15) is 0 Å². The van der Waals surface area contributed by atoms with E-state index in [0.717, 1.165) is 16.7 Å². The minimum Gasteiger partial charge on any atom is -0.459 e. The van der Waals surface area contributed by atoms with Gasteiger partial charge >= 0.3 is 0 Å². The van der Waals surface area contributed by atoms with E-state index in [4.69, 9.17) is 10.2 Å². The number of aryl methyl sites for hydroxylation is 1. The monoisotopic (exact) mass is 217 g/mol. The van der Waals surface area contributed by atoms with E-state index in [1.165, 1.54) is 5.56 Å². The largest absolute Gasteiger partial charge is 0.459 e. The van der Waals surface area contributed by atoms with Crippen LogP contribution in [0.3, 0.4) is 0 Å². The number of fused-ring (bicyclic) bond motifs is 1. The van der Waals surface area contributed by atoms with Gasteiger partial charge in [-0.1, -0.05) is 32.9 Å². The number of hydrogen-bond donors (Lipinski definition) is 1. The molecule has 0 bridgehead atoms. The van der Waals surface area contributed by atoms with Crippen molar-refractivity contribution in [3.8, 4) is 0 Å². The fraction of sp³-hybridized carbons (Fsp3) is 0.429. The second-order valence-corrected chi connectivity index (χ2v) is 5.48. The zero-order valence-corrected chi connectivity index (χ0v) is 10.4. The van der Waals surface area contributed by atoms with Crippen LogP contribution in [0, 0.1) is 12.3 Å². The second kappa shape index (κ2) is 3.63. The molecule has 1 aromatic carbocycles. The van der Waals surface area contributed by atoms with E-state index in [-0.39, 0.29) is 11.5 Å². The van der Waals surface area contributed by atoms with Crippen LogP contribution in [0.2, 0.25) is 0 Å². The fourth-order valence-corrected chi connectivity index (χ4v) is 1.81. The van der Waals surface area contributed by atoms with Crippen molar-refractivity contribution in [3.05, 3.63) is 35.6 Å². The van der Waals surface area contributed by atoms with E-state index in [0.29, 0.717) is 0 Å². The lowest BCUT2D eigenvalue weighted by Gasteiger charge is -2.24. The molecule has 2 aromatic rings.